The number of nitrogens with one attached hydrogen (secondary N) is 1. The van der Waals surface area contributed by atoms with Crippen molar-refractivity contribution in [1.82, 2.24) is 5.32 Å². The van der Waals surface area contributed by atoms with E-state index in [1.54, 1.807) is 6.08 Å². The number of methoxy groups -OCH3 is 2. The highest BCUT2D eigenvalue weighted by atomic mass is 16.5. The molecule has 0 spiro atoms. The Bertz CT molecular complexity index is 1880. The summed E-state index contributed by atoms with van der Waals surface area (Å²) in [6, 6.07) is 0. The number of carbonyl (C=O) groups is 3. The van der Waals surface area contributed by atoms with Crippen LogP contribution in [0.2, 0.25) is 0 Å². The van der Waals surface area contributed by atoms with Gasteiger partial charge in [0, 0.05) is 51.9 Å². The number of hydrogen-bond acceptors (Lipinski definition) is 10. The standard InChI is InChI=1S/C36H36N4O6/c1-8-19-16(3)23-12-24-17(4)21(10-11-29(42)45-6)33(39-24)31-32(36(44)46-7)35(43)30-18(5)25(40-34(30)31)13-27-20(9-2)22(15-41)28(38-27)14-26(19)37-23/h8,12-15,17,21,32,39,41H,1,9-11H2,2-7H3/t17-,21-,32+/m0/s1. The van der Waals surface area contributed by atoms with Gasteiger partial charge in [-0.2, -0.15) is 0 Å². The van der Waals surface area contributed by atoms with Crippen molar-refractivity contribution in [1.29, 1.82) is 0 Å². The van der Waals surface area contributed by atoms with Crippen LogP contribution < -0.4 is 5.32 Å². The smallest absolute Gasteiger partial charge is 0.321 e. The number of Topliss-reactive ketones (excluding diaryl/α,β-unsaturated/α-hetero) is 1. The lowest BCUT2D eigenvalue weighted by molar-refractivity contribution is -0.146. The van der Waals surface area contributed by atoms with Gasteiger partial charge in [0.25, 0.3) is 0 Å². The lowest BCUT2D eigenvalue weighted by Crippen LogP contribution is -2.26. The SMILES string of the molecule is C=CC1=C(C)C2=NC1=CC1=NC(=C(CC)C1=CO)C=C1N=C3C(=C1C)C(=O)[C@H](C(=O)OC)C3=C1NC(=C2)[C@@H](C)[C@@H]1CCC(=O)OC. The Morgan fingerprint density at radius 2 is 1.80 bits per heavy atom. The molecule has 0 aromatic carbocycles. The molecule has 1 aliphatic carbocycles. The lowest BCUT2D eigenvalue weighted by atomic mass is 9.85. The molecule has 5 heterocycles. The first-order valence-corrected chi connectivity index (χ1v) is 15.3. The van der Waals surface area contributed by atoms with Crippen LogP contribution >= 0.6 is 0 Å². The molecule has 6 aliphatic rings. The number of aliphatic hydroxyl groups excluding tert-OH is 1. The number of ketones is 1. The second-order valence-corrected chi connectivity index (χ2v) is 11.9. The molecular weight excluding hydrogens is 584 g/mol. The summed E-state index contributed by atoms with van der Waals surface area (Å²) in [5, 5.41) is 13.9. The van der Waals surface area contributed by atoms with Crippen molar-refractivity contribution >= 4 is 34.9 Å². The van der Waals surface area contributed by atoms with Gasteiger partial charge in [0.05, 0.1) is 54.7 Å². The van der Waals surface area contributed by atoms with Crippen LogP contribution in [-0.2, 0) is 23.9 Å². The molecule has 10 heteroatoms. The van der Waals surface area contributed by atoms with E-state index in [1.807, 2.05) is 45.9 Å². The Labute approximate surface area is 267 Å². The maximum Gasteiger partial charge on any atom is 0.321 e. The Kier molecular flexibility index (Phi) is 7.83. The van der Waals surface area contributed by atoms with Crippen molar-refractivity contribution in [3.8, 4) is 0 Å². The highest BCUT2D eigenvalue weighted by Gasteiger charge is 2.51. The minimum atomic E-state index is -1.21. The van der Waals surface area contributed by atoms with E-state index in [0.29, 0.717) is 75.1 Å². The van der Waals surface area contributed by atoms with Crippen LogP contribution in [0, 0.1) is 17.8 Å². The predicted octanol–water partition coefficient (Wildman–Crippen LogP) is 5.38. The van der Waals surface area contributed by atoms with Gasteiger partial charge in [-0.25, -0.2) is 15.0 Å². The third kappa shape index (κ3) is 4.62. The summed E-state index contributed by atoms with van der Waals surface area (Å²) < 4.78 is 10.1. The van der Waals surface area contributed by atoms with Crippen LogP contribution in [-0.4, -0.2) is 54.2 Å². The van der Waals surface area contributed by atoms with Gasteiger partial charge in [-0.15, -0.1) is 0 Å². The molecule has 0 radical (unpaired) electrons. The van der Waals surface area contributed by atoms with Crippen LogP contribution in [0.3, 0.4) is 0 Å². The third-order valence-corrected chi connectivity index (χ3v) is 9.62. The quantitative estimate of drug-likeness (QED) is 0.231. The molecule has 1 saturated heterocycles. The van der Waals surface area contributed by atoms with Crippen molar-refractivity contribution in [2.24, 2.45) is 32.7 Å². The summed E-state index contributed by atoms with van der Waals surface area (Å²) in [5.41, 5.74) is 9.56. The molecule has 1 saturated carbocycles. The van der Waals surface area contributed by atoms with Crippen molar-refractivity contribution in [3.05, 3.63) is 105 Å². The summed E-state index contributed by atoms with van der Waals surface area (Å²) in [4.78, 5) is 54.5. The molecule has 2 N–H and O–H groups in total. The number of aliphatic hydroxyl groups is 1. The molecule has 10 nitrogen and oxygen atoms in total. The van der Waals surface area contributed by atoms with E-state index in [9.17, 15) is 19.5 Å². The number of carbonyl (C=O) groups excluding carboxylic acids is 3. The Morgan fingerprint density at radius 1 is 1.04 bits per heavy atom. The molecule has 0 aromatic heterocycles. The number of esters is 2. The first-order chi connectivity index (χ1) is 22.1. The number of aliphatic imine (C=N–C) groups is 3. The summed E-state index contributed by atoms with van der Waals surface area (Å²) in [7, 11) is 2.62. The van der Waals surface area contributed by atoms with Gasteiger partial charge in [-0.3, -0.25) is 14.4 Å². The summed E-state index contributed by atoms with van der Waals surface area (Å²) in [5.74, 6) is -3.02. The lowest BCUT2D eigenvalue weighted by Gasteiger charge is -2.19. The van der Waals surface area contributed by atoms with Crippen molar-refractivity contribution in [2.75, 3.05) is 14.2 Å². The number of ether oxygens (including phenoxy) is 2. The van der Waals surface area contributed by atoms with Crippen molar-refractivity contribution in [2.45, 2.75) is 47.0 Å². The normalized spacial score (nSPS) is 25.8. The van der Waals surface area contributed by atoms with Crippen LogP contribution in [0.1, 0.15) is 47.0 Å². The van der Waals surface area contributed by atoms with E-state index in [2.05, 4.69) is 11.9 Å². The molecular formula is C36H36N4O6. The maximum absolute atomic E-state index is 14.1. The number of fused-ring (bicyclic) bond motifs is 5. The Balaban J connectivity index is 1.67. The molecule has 236 valence electrons. The largest absolute Gasteiger partial charge is 0.515 e. The van der Waals surface area contributed by atoms with Crippen LogP contribution in [0.25, 0.3) is 0 Å². The highest BCUT2D eigenvalue weighted by Crippen LogP contribution is 2.47. The molecule has 46 heavy (non-hydrogen) atoms. The summed E-state index contributed by atoms with van der Waals surface area (Å²) in [6.07, 6.45) is 9.59. The average Bonchev–Trinajstić information content (AvgIpc) is 3.79. The molecule has 8 bridgehead atoms. The summed E-state index contributed by atoms with van der Waals surface area (Å²) >= 11 is 0. The zero-order chi connectivity index (χ0) is 33.0. The van der Waals surface area contributed by atoms with Gasteiger partial charge < -0.3 is 19.9 Å². The monoisotopic (exact) mass is 620 g/mol. The van der Waals surface area contributed by atoms with Crippen LogP contribution in [0.4, 0.5) is 0 Å². The zero-order valence-electron chi connectivity index (χ0n) is 26.8. The van der Waals surface area contributed by atoms with Crippen LogP contribution in [0.5, 0.6) is 0 Å². The van der Waals surface area contributed by atoms with Gasteiger partial charge in [0.2, 0.25) is 0 Å². The second kappa shape index (κ2) is 11.7. The fourth-order valence-corrected chi connectivity index (χ4v) is 7.09. The minimum absolute atomic E-state index is 0.139. The van der Waals surface area contributed by atoms with Crippen LogP contribution in [0.15, 0.2) is 120 Å². The number of nitrogens with zero attached hydrogens (tertiary/aromatic N) is 3. The fraction of sp³-hybridized carbons (Fsp3) is 0.333. The minimum Gasteiger partial charge on any atom is -0.515 e. The van der Waals surface area contributed by atoms with Crippen molar-refractivity contribution < 1.29 is 29.0 Å². The zero-order valence-corrected chi connectivity index (χ0v) is 26.8. The molecule has 6 rings (SSSR count). The van der Waals surface area contributed by atoms with Gasteiger partial charge in [0.15, 0.2) is 5.78 Å². The first kappa shape index (κ1) is 30.9. The number of allylic oxidation sites excluding steroid dienone is 11. The summed E-state index contributed by atoms with van der Waals surface area (Å²) in [6.45, 7) is 11.8. The van der Waals surface area contributed by atoms with E-state index >= 15 is 0 Å². The average molecular weight is 621 g/mol. The first-order valence-electron chi connectivity index (χ1n) is 15.3. The van der Waals surface area contributed by atoms with Gasteiger partial charge >= 0.3 is 11.9 Å². The Hall–Kier alpha value is -5.12. The molecule has 0 unspecified atom stereocenters. The van der Waals surface area contributed by atoms with E-state index in [1.165, 1.54) is 14.2 Å². The number of rotatable bonds is 6. The molecule has 5 aliphatic heterocycles. The van der Waals surface area contributed by atoms with E-state index < -0.39 is 11.9 Å². The number of hydrogen-bond donors (Lipinski definition) is 2. The topological polar surface area (TPSA) is 139 Å². The molecule has 3 atom stereocenters. The molecule has 2 fully saturated rings. The third-order valence-electron chi connectivity index (χ3n) is 9.62. The van der Waals surface area contributed by atoms with Crippen molar-refractivity contribution in [3.63, 3.8) is 0 Å². The van der Waals surface area contributed by atoms with Gasteiger partial charge in [-0.1, -0.05) is 26.5 Å². The molecule has 0 amide bonds. The van der Waals surface area contributed by atoms with E-state index in [0.717, 1.165) is 28.7 Å². The highest BCUT2D eigenvalue weighted by molar-refractivity contribution is 6.42. The fourth-order valence-electron chi connectivity index (χ4n) is 7.09. The van der Waals surface area contributed by atoms with E-state index in [-0.39, 0.29) is 30.0 Å². The second-order valence-electron chi connectivity index (χ2n) is 11.9. The molecule has 0 aromatic rings. The Morgan fingerprint density at radius 3 is 2.46 bits per heavy atom. The van der Waals surface area contributed by atoms with E-state index in [4.69, 9.17) is 24.5 Å². The van der Waals surface area contributed by atoms with Gasteiger partial charge in [-0.05, 0) is 61.6 Å². The van der Waals surface area contributed by atoms with Gasteiger partial charge in [0.1, 0.15) is 5.92 Å². The predicted molar refractivity (Wildman–Crippen MR) is 175 cm³/mol. The maximum atomic E-state index is 14.1.